The van der Waals surface area contributed by atoms with Crippen LogP contribution in [0.2, 0.25) is 0 Å². The third-order valence-corrected chi connectivity index (χ3v) is 4.68. The number of halogens is 1. The number of ketones is 1. The molecule has 1 aromatic carbocycles. The maximum atomic E-state index is 13.1. The first-order chi connectivity index (χ1) is 15.1. The maximum absolute atomic E-state index is 13.1. The minimum Gasteiger partial charge on any atom is -0.451 e. The van der Waals surface area contributed by atoms with E-state index in [0.717, 1.165) is 9.13 Å². The number of anilines is 1. The fourth-order valence-corrected chi connectivity index (χ4v) is 3.08. The zero-order valence-corrected chi connectivity index (χ0v) is 17.8. The Labute approximate surface area is 181 Å². The molecule has 2 aromatic heterocycles. The monoisotopic (exact) mass is 443 g/mol. The molecule has 2 N–H and O–H groups in total. The van der Waals surface area contributed by atoms with E-state index in [1.165, 1.54) is 43.4 Å². The highest BCUT2D eigenvalue weighted by atomic mass is 19.1. The van der Waals surface area contributed by atoms with Gasteiger partial charge in [-0.05, 0) is 42.3 Å². The minimum absolute atomic E-state index is 0.0301. The number of rotatable bonds is 7. The van der Waals surface area contributed by atoms with Gasteiger partial charge >= 0.3 is 11.7 Å². The minimum atomic E-state index is -0.933. The van der Waals surface area contributed by atoms with Gasteiger partial charge in [0.2, 0.25) is 11.5 Å². The molecule has 3 aromatic rings. The molecule has 3 rings (SSSR count). The van der Waals surface area contributed by atoms with Crippen molar-refractivity contribution < 1.29 is 23.1 Å². The number of nitrogens with zero attached hydrogens (tertiary/aromatic N) is 2. The number of benzene rings is 1. The average molecular weight is 443 g/mol. The number of aromatic nitrogens is 2. The molecule has 0 bridgehead atoms. The molecular weight excluding hydrogens is 421 g/mol. The molecular formula is C22H22FN3O6. The Hall–Kier alpha value is -3.95. The molecule has 0 saturated carbocycles. The summed E-state index contributed by atoms with van der Waals surface area (Å²) in [4.78, 5) is 49.7. The second-order valence-electron chi connectivity index (χ2n) is 7.58. The van der Waals surface area contributed by atoms with E-state index < -0.39 is 41.0 Å². The molecule has 10 heteroatoms. The average Bonchev–Trinajstić information content (AvgIpc) is 3.24. The molecule has 0 unspecified atom stereocenters. The van der Waals surface area contributed by atoms with Crippen molar-refractivity contribution in [2.45, 2.75) is 20.4 Å². The molecule has 0 aliphatic carbocycles. The van der Waals surface area contributed by atoms with E-state index in [1.54, 1.807) is 0 Å². The van der Waals surface area contributed by atoms with Crippen molar-refractivity contribution in [3.63, 3.8) is 0 Å². The lowest BCUT2D eigenvalue weighted by molar-refractivity contribution is 0.0444. The third-order valence-electron chi connectivity index (χ3n) is 4.68. The summed E-state index contributed by atoms with van der Waals surface area (Å²) in [5.41, 5.74) is 4.55. The van der Waals surface area contributed by atoms with Gasteiger partial charge in [-0.3, -0.25) is 18.7 Å². The van der Waals surface area contributed by atoms with Gasteiger partial charge < -0.3 is 14.9 Å². The van der Waals surface area contributed by atoms with Crippen molar-refractivity contribution in [3.8, 4) is 11.3 Å². The fourth-order valence-electron chi connectivity index (χ4n) is 3.08. The first-order valence-corrected chi connectivity index (χ1v) is 9.75. The molecule has 0 saturated heterocycles. The Morgan fingerprint density at radius 3 is 2.41 bits per heavy atom. The van der Waals surface area contributed by atoms with E-state index in [2.05, 4.69) is 0 Å². The first kappa shape index (κ1) is 22.7. The van der Waals surface area contributed by atoms with Crippen LogP contribution in [0.3, 0.4) is 0 Å². The molecule has 168 valence electrons. The van der Waals surface area contributed by atoms with Crippen molar-refractivity contribution >= 4 is 17.6 Å². The number of Topliss-reactive ketones (excluding diaryl/α,β-unsaturated/α-hetero) is 1. The summed E-state index contributed by atoms with van der Waals surface area (Å²) in [6.45, 7) is 3.13. The van der Waals surface area contributed by atoms with Crippen LogP contribution in [0.25, 0.3) is 11.3 Å². The third kappa shape index (κ3) is 4.53. The van der Waals surface area contributed by atoms with Gasteiger partial charge in [0.05, 0.1) is 0 Å². The molecule has 0 radical (unpaired) electrons. The Morgan fingerprint density at radius 1 is 1.12 bits per heavy atom. The van der Waals surface area contributed by atoms with E-state index >= 15 is 0 Å². The van der Waals surface area contributed by atoms with Gasteiger partial charge in [0.25, 0.3) is 5.56 Å². The van der Waals surface area contributed by atoms with E-state index in [9.17, 15) is 23.6 Å². The van der Waals surface area contributed by atoms with Gasteiger partial charge in [0, 0.05) is 19.2 Å². The summed E-state index contributed by atoms with van der Waals surface area (Å²) in [5, 5.41) is 0. The zero-order valence-electron chi connectivity index (χ0n) is 17.8. The lowest BCUT2D eigenvalue weighted by atomic mass is 10.1. The van der Waals surface area contributed by atoms with Crippen LogP contribution in [0.4, 0.5) is 10.2 Å². The van der Waals surface area contributed by atoms with E-state index in [1.807, 2.05) is 13.8 Å². The molecule has 0 amide bonds. The second-order valence-corrected chi connectivity index (χ2v) is 7.58. The van der Waals surface area contributed by atoms with Crippen LogP contribution in [0.5, 0.6) is 0 Å². The van der Waals surface area contributed by atoms with Crippen molar-refractivity contribution in [3.05, 3.63) is 74.4 Å². The Balaban J connectivity index is 1.78. The number of carbonyl (C=O) groups excluding carboxylic acids is 2. The van der Waals surface area contributed by atoms with Crippen molar-refractivity contribution in [2.24, 2.45) is 13.0 Å². The highest BCUT2D eigenvalue weighted by Crippen LogP contribution is 2.23. The predicted molar refractivity (Wildman–Crippen MR) is 114 cm³/mol. The van der Waals surface area contributed by atoms with Crippen LogP contribution in [0.1, 0.15) is 34.8 Å². The van der Waals surface area contributed by atoms with Crippen LogP contribution < -0.4 is 17.0 Å². The number of nitrogens with two attached hydrogens (primary N) is 1. The predicted octanol–water partition coefficient (Wildman–Crippen LogP) is 2.22. The van der Waals surface area contributed by atoms with Gasteiger partial charge in [-0.25, -0.2) is 14.0 Å². The smallest absolute Gasteiger partial charge is 0.374 e. The SMILES string of the molecule is CC(C)Cn1c(N)c(C(=O)COC(=O)c2ccc(-c3ccc(F)cc3)o2)c(=O)n(C)c1=O. The molecule has 0 fully saturated rings. The zero-order chi connectivity index (χ0) is 23.6. The Bertz CT molecular complexity index is 1280. The normalized spacial score (nSPS) is 11.0. The summed E-state index contributed by atoms with van der Waals surface area (Å²) < 4.78 is 25.4. The van der Waals surface area contributed by atoms with Gasteiger partial charge in [0.15, 0.2) is 6.61 Å². The molecule has 0 atom stereocenters. The number of ether oxygens (including phenoxy) is 1. The largest absolute Gasteiger partial charge is 0.451 e. The van der Waals surface area contributed by atoms with Crippen LogP contribution in [-0.2, 0) is 18.3 Å². The second kappa shape index (κ2) is 9.04. The van der Waals surface area contributed by atoms with Crippen LogP contribution in [-0.4, -0.2) is 27.5 Å². The summed E-state index contributed by atoms with van der Waals surface area (Å²) in [5.74, 6) is -2.31. The molecule has 0 spiro atoms. The maximum Gasteiger partial charge on any atom is 0.374 e. The van der Waals surface area contributed by atoms with Gasteiger partial charge in [-0.1, -0.05) is 13.8 Å². The molecule has 0 aliphatic heterocycles. The first-order valence-electron chi connectivity index (χ1n) is 9.75. The fraction of sp³-hybridized carbons (Fsp3) is 0.273. The quantitative estimate of drug-likeness (QED) is 0.438. The summed E-state index contributed by atoms with van der Waals surface area (Å²) >= 11 is 0. The molecule has 0 aliphatic rings. The summed E-state index contributed by atoms with van der Waals surface area (Å²) in [7, 11) is 1.24. The van der Waals surface area contributed by atoms with Crippen LogP contribution >= 0.6 is 0 Å². The van der Waals surface area contributed by atoms with Gasteiger partial charge in [-0.15, -0.1) is 0 Å². The number of esters is 1. The van der Waals surface area contributed by atoms with Crippen molar-refractivity contribution in [2.75, 3.05) is 12.3 Å². The Morgan fingerprint density at radius 2 is 1.78 bits per heavy atom. The summed E-state index contributed by atoms with van der Waals surface area (Å²) in [6, 6.07) is 8.31. The lowest BCUT2D eigenvalue weighted by Crippen LogP contribution is -2.43. The van der Waals surface area contributed by atoms with Crippen molar-refractivity contribution in [1.29, 1.82) is 0 Å². The molecule has 2 heterocycles. The number of hydrogen-bond acceptors (Lipinski definition) is 7. The van der Waals surface area contributed by atoms with Crippen LogP contribution in [0.15, 0.2) is 50.4 Å². The number of furan rings is 1. The topological polar surface area (TPSA) is 127 Å². The van der Waals surface area contributed by atoms with Gasteiger partial charge in [-0.2, -0.15) is 0 Å². The molecule has 9 nitrogen and oxygen atoms in total. The Kier molecular flexibility index (Phi) is 6.42. The van der Waals surface area contributed by atoms with Crippen molar-refractivity contribution in [1.82, 2.24) is 9.13 Å². The van der Waals surface area contributed by atoms with E-state index in [4.69, 9.17) is 14.9 Å². The van der Waals surface area contributed by atoms with E-state index in [0.29, 0.717) is 11.3 Å². The van der Waals surface area contributed by atoms with E-state index in [-0.39, 0.29) is 24.0 Å². The van der Waals surface area contributed by atoms with Crippen LogP contribution in [0, 0.1) is 11.7 Å². The number of carbonyl (C=O) groups is 2. The van der Waals surface area contributed by atoms with Gasteiger partial charge in [0.1, 0.15) is 23.0 Å². The highest BCUT2D eigenvalue weighted by molar-refractivity contribution is 6.02. The summed E-state index contributed by atoms with van der Waals surface area (Å²) in [6.07, 6.45) is 0. The lowest BCUT2D eigenvalue weighted by Gasteiger charge is -2.16. The number of nitrogen functional groups attached to an aromatic ring is 1. The standard InChI is InChI=1S/C22H22FN3O6/c1-12(2)10-26-19(24)18(20(28)25(3)22(26)30)15(27)11-31-21(29)17-9-8-16(32-17)13-4-6-14(23)7-5-13/h4-9,12H,10-11,24H2,1-3H3. The highest BCUT2D eigenvalue weighted by Gasteiger charge is 2.24. The molecule has 32 heavy (non-hydrogen) atoms. The number of hydrogen-bond donors (Lipinski definition) is 1.